The minimum absolute atomic E-state index is 0.162. The van der Waals surface area contributed by atoms with Gasteiger partial charge in [0, 0.05) is 10.5 Å². The zero-order valence-electron chi connectivity index (χ0n) is 11.3. The quantitative estimate of drug-likeness (QED) is 0.649. The second-order valence-corrected chi connectivity index (χ2v) is 5.48. The second kappa shape index (κ2) is 8.65. The number of hydrogen-bond acceptors (Lipinski definition) is 1. The van der Waals surface area contributed by atoms with E-state index >= 15 is 0 Å². The molecule has 0 spiro atoms. The van der Waals surface area contributed by atoms with Gasteiger partial charge < -0.3 is 5.32 Å². The Balaban J connectivity index is 2.67. The molecular weight excluding hydrogens is 293 g/mol. The van der Waals surface area contributed by atoms with Gasteiger partial charge in [0.25, 0.3) is 0 Å². The molecule has 0 aromatic heterocycles. The van der Waals surface area contributed by atoms with Gasteiger partial charge in [-0.3, -0.25) is 0 Å². The van der Waals surface area contributed by atoms with Crippen LogP contribution < -0.4 is 5.32 Å². The monoisotopic (exact) mass is 315 g/mol. The molecule has 0 fully saturated rings. The van der Waals surface area contributed by atoms with Crippen LogP contribution in [0.15, 0.2) is 22.7 Å². The normalized spacial score (nSPS) is 12.7. The molecule has 0 bridgehead atoms. The van der Waals surface area contributed by atoms with Crippen molar-refractivity contribution < 1.29 is 4.39 Å². The Kier molecular flexibility index (Phi) is 7.52. The highest BCUT2D eigenvalue weighted by molar-refractivity contribution is 9.10. The number of rotatable bonds is 8. The molecule has 1 aromatic carbocycles. The molecule has 1 N–H and O–H groups in total. The van der Waals surface area contributed by atoms with Crippen LogP contribution in [-0.2, 0) is 0 Å². The van der Waals surface area contributed by atoms with E-state index in [1.54, 1.807) is 12.1 Å². The van der Waals surface area contributed by atoms with Gasteiger partial charge >= 0.3 is 0 Å². The van der Waals surface area contributed by atoms with Crippen LogP contribution in [0.2, 0.25) is 0 Å². The highest BCUT2D eigenvalue weighted by Crippen LogP contribution is 2.28. The zero-order chi connectivity index (χ0) is 13.4. The van der Waals surface area contributed by atoms with Crippen molar-refractivity contribution in [1.82, 2.24) is 5.32 Å². The van der Waals surface area contributed by atoms with Crippen molar-refractivity contribution in [3.63, 3.8) is 0 Å². The Hall–Kier alpha value is -0.410. The van der Waals surface area contributed by atoms with Crippen molar-refractivity contribution in [1.29, 1.82) is 0 Å². The van der Waals surface area contributed by atoms with E-state index in [9.17, 15) is 4.39 Å². The van der Waals surface area contributed by atoms with Crippen LogP contribution in [0.3, 0.4) is 0 Å². The number of halogens is 2. The Morgan fingerprint density at radius 3 is 2.67 bits per heavy atom. The van der Waals surface area contributed by atoms with Gasteiger partial charge in [0.15, 0.2) is 0 Å². The fourth-order valence-corrected chi connectivity index (χ4v) is 2.69. The van der Waals surface area contributed by atoms with Crippen LogP contribution in [0.25, 0.3) is 0 Å². The first-order valence-corrected chi connectivity index (χ1v) is 7.66. The van der Waals surface area contributed by atoms with Crippen molar-refractivity contribution >= 4 is 15.9 Å². The summed E-state index contributed by atoms with van der Waals surface area (Å²) in [4.78, 5) is 0. The van der Waals surface area contributed by atoms with E-state index in [1.165, 1.54) is 31.7 Å². The standard InChI is InChI=1S/C15H23BrFN/c1-3-5-6-7-8-15(18-4-2)13-11-12(17)9-10-14(13)16/h9-11,15,18H,3-8H2,1-2H3. The van der Waals surface area contributed by atoms with Gasteiger partial charge in [-0.1, -0.05) is 55.5 Å². The van der Waals surface area contributed by atoms with E-state index in [2.05, 4.69) is 35.1 Å². The highest BCUT2D eigenvalue weighted by atomic mass is 79.9. The second-order valence-electron chi connectivity index (χ2n) is 4.63. The lowest BCUT2D eigenvalue weighted by Gasteiger charge is -2.19. The Labute approximate surface area is 118 Å². The van der Waals surface area contributed by atoms with Crippen molar-refractivity contribution in [2.75, 3.05) is 6.54 Å². The number of benzene rings is 1. The lowest BCUT2D eigenvalue weighted by molar-refractivity contribution is 0.477. The van der Waals surface area contributed by atoms with Crippen molar-refractivity contribution in [3.8, 4) is 0 Å². The molecule has 1 unspecified atom stereocenters. The van der Waals surface area contributed by atoms with Gasteiger partial charge in [-0.05, 0) is 36.7 Å². The molecule has 1 nitrogen and oxygen atoms in total. The molecule has 0 aliphatic heterocycles. The minimum Gasteiger partial charge on any atom is -0.310 e. The third-order valence-corrected chi connectivity index (χ3v) is 3.85. The summed E-state index contributed by atoms with van der Waals surface area (Å²) in [6, 6.07) is 5.17. The Morgan fingerprint density at radius 2 is 2.00 bits per heavy atom. The van der Waals surface area contributed by atoms with E-state index in [0.29, 0.717) is 0 Å². The smallest absolute Gasteiger partial charge is 0.123 e. The molecule has 0 radical (unpaired) electrons. The van der Waals surface area contributed by atoms with E-state index in [-0.39, 0.29) is 11.9 Å². The first-order valence-electron chi connectivity index (χ1n) is 6.87. The van der Waals surface area contributed by atoms with Gasteiger partial charge in [-0.25, -0.2) is 4.39 Å². The molecule has 0 heterocycles. The fourth-order valence-electron chi connectivity index (χ4n) is 2.17. The molecule has 0 aliphatic carbocycles. The fraction of sp³-hybridized carbons (Fsp3) is 0.600. The van der Waals surface area contributed by atoms with Crippen molar-refractivity contribution in [2.45, 2.75) is 52.0 Å². The lowest BCUT2D eigenvalue weighted by atomic mass is 10.00. The van der Waals surface area contributed by atoms with Gasteiger partial charge in [0.1, 0.15) is 5.82 Å². The minimum atomic E-state index is -0.162. The Bertz CT molecular complexity index is 354. The average Bonchev–Trinajstić information content (AvgIpc) is 2.36. The average molecular weight is 316 g/mol. The van der Waals surface area contributed by atoms with E-state index < -0.39 is 0 Å². The molecule has 1 atom stereocenters. The molecule has 0 amide bonds. The maximum atomic E-state index is 13.3. The molecule has 102 valence electrons. The third-order valence-electron chi connectivity index (χ3n) is 3.13. The van der Waals surface area contributed by atoms with Crippen LogP contribution >= 0.6 is 15.9 Å². The molecule has 1 rings (SSSR count). The lowest BCUT2D eigenvalue weighted by Crippen LogP contribution is -2.21. The van der Waals surface area contributed by atoms with E-state index in [4.69, 9.17) is 0 Å². The largest absolute Gasteiger partial charge is 0.310 e. The summed E-state index contributed by atoms with van der Waals surface area (Å²) in [5.41, 5.74) is 1.04. The summed E-state index contributed by atoms with van der Waals surface area (Å²) in [5.74, 6) is -0.162. The third kappa shape index (κ3) is 5.07. The van der Waals surface area contributed by atoms with E-state index in [0.717, 1.165) is 23.0 Å². The Morgan fingerprint density at radius 1 is 1.22 bits per heavy atom. The van der Waals surface area contributed by atoms with Crippen molar-refractivity contribution in [2.24, 2.45) is 0 Å². The zero-order valence-corrected chi connectivity index (χ0v) is 12.9. The summed E-state index contributed by atoms with van der Waals surface area (Å²) >= 11 is 3.52. The SMILES string of the molecule is CCCCCCC(NCC)c1cc(F)ccc1Br. The molecule has 0 saturated heterocycles. The summed E-state index contributed by atoms with van der Waals surface area (Å²) in [6.07, 6.45) is 6.04. The molecule has 1 aromatic rings. The van der Waals surface area contributed by atoms with Crippen LogP contribution in [0, 0.1) is 5.82 Å². The molecule has 18 heavy (non-hydrogen) atoms. The predicted octanol–water partition coefficient (Wildman–Crippen LogP) is 5.21. The maximum Gasteiger partial charge on any atom is 0.123 e. The van der Waals surface area contributed by atoms with Gasteiger partial charge in [-0.2, -0.15) is 0 Å². The van der Waals surface area contributed by atoms with Crippen LogP contribution in [-0.4, -0.2) is 6.54 Å². The van der Waals surface area contributed by atoms with Crippen LogP contribution in [0.4, 0.5) is 4.39 Å². The number of unbranched alkanes of at least 4 members (excludes halogenated alkanes) is 3. The number of hydrogen-bond donors (Lipinski definition) is 1. The van der Waals surface area contributed by atoms with Crippen molar-refractivity contribution in [3.05, 3.63) is 34.1 Å². The van der Waals surface area contributed by atoms with Gasteiger partial charge in [0.2, 0.25) is 0 Å². The summed E-state index contributed by atoms with van der Waals surface area (Å²) < 4.78 is 14.3. The summed E-state index contributed by atoms with van der Waals surface area (Å²) in [5, 5.41) is 3.45. The van der Waals surface area contributed by atoms with Gasteiger partial charge in [-0.15, -0.1) is 0 Å². The first kappa shape index (κ1) is 15.6. The summed E-state index contributed by atoms with van der Waals surface area (Å²) in [6.45, 7) is 5.21. The van der Waals surface area contributed by atoms with E-state index in [1.807, 2.05) is 0 Å². The van der Waals surface area contributed by atoms with Gasteiger partial charge in [0.05, 0.1) is 0 Å². The topological polar surface area (TPSA) is 12.0 Å². The maximum absolute atomic E-state index is 13.3. The highest BCUT2D eigenvalue weighted by Gasteiger charge is 2.13. The predicted molar refractivity (Wildman–Crippen MR) is 79.3 cm³/mol. The molecule has 0 aliphatic rings. The number of nitrogens with one attached hydrogen (secondary N) is 1. The molecular formula is C15H23BrFN. The van der Waals surface area contributed by atoms with Crippen LogP contribution in [0.1, 0.15) is 57.6 Å². The summed E-state index contributed by atoms with van der Waals surface area (Å²) in [7, 11) is 0. The van der Waals surface area contributed by atoms with Crippen LogP contribution in [0.5, 0.6) is 0 Å². The molecule has 0 saturated carbocycles. The first-order chi connectivity index (χ1) is 8.69. The molecule has 3 heteroatoms.